The van der Waals surface area contributed by atoms with Crippen LogP contribution in [-0.4, -0.2) is 11.7 Å². The third-order valence-electron chi connectivity index (χ3n) is 3.41. The van der Waals surface area contributed by atoms with Crippen molar-refractivity contribution < 1.29 is 14.0 Å². The lowest BCUT2D eigenvalue weighted by Crippen LogP contribution is -2.17. The summed E-state index contributed by atoms with van der Waals surface area (Å²) >= 11 is 0. The number of ketones is 1. The van der Waals surface area contributed by atoms with Crippen molar-refractivity contribution in [2.75, 3.05) is 5.32 Å². The van der Waals surface area contributed by atoms with E-state index >= 15 is 0 Å². The molecule has 0 atom stereocenters. The number of carbonyl (C=O) groups is 2. The van der Waals surface area contributed by atoms with Crippen LogP contribution in [0.2, 0.25) is 0 Å². The van der Waals surface area contributed by atoms with Crippen molar-refractivity contribution in [2.24, 2.45) is 0 Å². The van der Waals surface area contributed by atoms with Gasteiger partial charge in [-0.25, -0.2) is 4.39 Å². The first-order chi connectivity index (χ1) is 12.0. The molecular formula is C19H16FN3O2. The average molecular weight is 337 g/mol. The number of carbonyl (C=O) groups excluding carboxylic acids is 2. The highest BCUT2D eigenvalue weighted by atomic mass is 19.1. The van der Waals surface area contributed by atoms with Gasteiger partial charge in [-0.1, -0.05) is 18.2 Å². The number of halogens is 1. The molecule has 0 aliphatic carbocycles. The summed E-state index contributed by atoms with van der Waals surface area (Å²) in [6.07, 6.45) is 1.24. The molecule has 2 rings (SSSR count). The number of Topliss-reactive ketones (excluding diaryl/α,β-unsaturated/α-hetero) is 1. The van der Waals surface area contributed by atoms with Crippen molar-refractivity contribution in [1.29, 1.82) is 5.26 Å². The van der Waals surface area contributed by atoms with Gasteiger partial charge in [-0.05, 0) is 37.3 Å². The molecule has 0 radical (unpaired) electrons. The van der Waals surface area contributed by atoms with Crippen LogP contribution < -0.4 is 10.6 Å². The normalized spacial score (nSPS) is 10.7. The molecule has 0 saturated heterocycles. The van der Waals surface area contributed by atoms with E-state index in [1.54, 1.807) is 48.5 Å². The summed E-state index contributed by atoms with van der Waals surface area (Å²) < 4.78 is 13.5. The van der Waals surface area contributed by atoms with E-state index in [2.05, 4.69) is 10.6 Å². The molecule has 2 aromatic rings. The van der Waals surface area contributed by atoms with Gasteiger partial charge in [0.05, 0.1) is 0 Å². The fraction of sp³-hybridized carbons (Fsp3) is 0.105. The summed E-state index contributed by atoms with van der Waals surface area (Å²) in [5.74, 6) is -1.04. The number of benzene rings is 2. The quantitative estimate of drug-likeness (QED) is 0.482. The number of rotatable bonds is 6. The van der Waals surface area contributed by atoms with Gasteiger partial charge in [0.15, 0.2) is 5.78 Å². The Hall–Kier alpha value is -3.46. The Balaban J connectivity index is 1.99. The molecule has 0 unspecified atom stereocenters. The first kappa shape index (κ1) is 17.9. The molecule has 2 aromatic carbocycles. The van der Waals surface area contributed by atoms with Gasteiger partial charge in [0, 0.05) is 29.6 Å². The number of nitrogens with one attached hydrogen (secondary N) is 2. The summed E-state index contributed by atoms with van der Waals surface area (Å²) in [5, 5.41) is 14.4. The zero-order chi connectivity index (χ0) is 18.2. The Morgan fingerprint density at radius 3 is 2.44 bits per heavy atom. The number of hydrogen-bond acceptors (Lipinski definition) is 4. The highest BCUT2D eigenvalue weighted by Gasteiger charge is 2.10. The number of amides is 1. The molecule has 0 aliphatic heterocycles. The van der Waals surface area contributed by atoms with Gasteiger partial charge in [-0.15, -0.1) is 0 Å². The smallest absolute Gasteiger partial charge is 0.267 e. The van der Waals surface area contributed by atoms with E-state index in [-0.39, 0.29) is 23.7 Å². The summed E-state index contributed by atoms with van der Waals surface area (Å²) in [4.78, 5) is 23.3. The molecule has 0 aromatic heterocycles. The van der Waals surface area contributed by atoms with E-state index in [1.165, 1.54) is 19.2 Å². The summed E-state index contributed by atoms with van der Waals surface area (Å²) in [6, 6.07) is 14.4. The molecule has 0 saturated carbocycles. The minimum absolute atomic E-state index is 0.0761. The van der Waals surface area contributed by atoms with Crippen LogP contribution in [0.5, 0.6) is 0 Å². The first-order valence-corrected chi connectivity index (χ1v) is 7.50. The predicted octanol–water partition coefficient (Wildman–Crippen LogP) is 3.16. The maximum Gasteiger partial charge on any atom is 0.267 e. The van der Waals surface area contributed by atoms with Gasteiger partial charge >= 0.3 is 0 Å². The van der Waals surface area contributed by atoms with Crippen LogP contribution in [0.1, 0.15) is 22.8 Å². The molecule has 0 bridgehead atoms. The van der Waals surface area contributed by atoms with Crippen LogP contribution in [0.25, 0.3) is 0 Å². The minimum Gasteiger partial charge on any atom is -0.385 e. The van der Waals surface area contributed by atoms with Gasteiger partial charge in [0.2, 0.25) is 0 Å². The number of nitriles is 1. The number of nitrogens with zero attached hydrogens (tertiary/aromatic N) is 1. The second kappa shape index (κ2) is 8.41. The monoisotopic (exact) mass is 337 g/mol. The van der Waals surface area contributed by atoms with Gasteiger partial charge in [-0.3, -0.25) is 9.59 Å². The summed E-state index contributed by atoms with van der Waals surface area (Å²) in [5.41, 5.74) is 1.27. The van der Waals surface area contributed by atoms with Crippen molar-refractivity contribution in [2.45, 2.75) is 13.5 Å². The zero-order valence-corrected chi connectivity index (χ0v) is 13.5. The highest BCUT2D eigenvalue weighted by molar-refractivity contribution is 6.06. The molecule has 0 aliphatic rings. The lowest BCUT2D eigenvalue weighted by molar-refractivity contribution is -0.112. The molecule has 25 heavy (non-hydrogen) atoms. The van der Waals surface area contributed by atoms with E-state index in [9.17, 15) is 14.0 Å². The minimum atomic E-state index is -0.598. The van der Waals surface area contributed by atoms with E-state index in [0.717, 1.165) is 0 Å². The molecule has 0 fully saturated rings. The van der Waals surface area contributed by atoms with Crippen LogP contribution in [0, 0.1) is 17.1 Å². The lowest BCUT2D eigenvalue weighted by Gasteiger charge is -2.06. The Bertz CT molecular complexity index is 852. The highest BCUT2D eigenvalue weighted by Crippen LogP contribution is 2.11. The first-order valence-electron chi connectivity index (χ1n) is 7.50. The molecular weight excluding hydrogens is 321 g/mol. The van der Waals surface area contributed by atoms with Crippen molar-refractivity contribution in [3.63, 3.8) is 0 Å². The van der Waals surface area contributed by atoms with E-state index < -0.39 is 5.91 Å². The second-order valence-electron chi connectivity index (χ2n) is 5.23. The fourth-order valence-electron chi connectivity index (χ4n) is 2.04. The zero-order valence-electron chi connectivity index (χ0n) is 13.5. The van der Waals surface area contributed by atoms with Crippen molar-refractivity contribution >= 4 is 17.4 Å². The van der Waals surface area contributed by atoms with Crippen LogP contribution in [0.3, 0.4) is 0 Å². The van der Waals surface area contributed by atoms with Gasteiger partial charge < -0.3 is 10.6 Å². The Morgan fingerprint density at radius 2 is 1.84 bits per heavy atom. The number of anilines is 1. The van der Waals surface area contributed by atoms with E-state index in [4.69, 9.17) is 5.26 Å². The van der Waals surface area contributed by atoms with Crippen LogP contribution in [0.4, 0.5) is 10.1 Å². The third kappa shape index (κ3) is 5.01. The SMILES string of the molecule is CC(=O)c1ccc(NC(=O)/C(C#N)=C\NCc2ccccc2F)cc1. The molecule has 2 N–H and O–H groups in total. The largest absolute Gasteiger partial charge is 0.385 e. The second-order valence-corrected chi connectivity index (χ2v) is 5.23. The molecule has 0 spiro atoms. The summed E-state index contributed by atoms with van der Waals surface area (Å²) in [6.45, 7) is 1.60. The Morgan fingerprint density at radius 1 is 1.16 bits per heavy atom. The summed E-state index contributed by atoms with van der Waals surface area (Å²) in [7, 11) is 0. The predicted molar refractivity (Wildman–Crippen MR) is 92.0 cm³/mol. The van der Waals surface area contributed by atoms with Crippen molar-refractivity contribution in [3.05, 3.63) is 77.2 Å². The van der Waals surface area contributed by atoms with E-state index in [1.807, 2.05) is 0 Å². The van der Waals surface area contributed by atoms with Crippen LogP contribution >= 0.6 is 0 Å². The molecule has 6 heteroatoms. The molecule has 1 amide bonds. The van der Waals surface area contributed by atoms with Gasteiger partial charge in [0.25, 0.3) is 5.91 Å². The van der Waals surface area contributed by atoms with Crippen LogP contribution in [-0.2, 0) is 11.3 Å². The van der Waals surface area contributed by atoms with E-state index in [0.29, 0.717) is 16.8 Å². The topological polar surface area (TPSA) is 82.0 Å². The van der Waals surface area contributed by atoms with Crippen molar-refractivity contribution in [3.8, 4) is 6.07 Å². The Kier molecular flexibility index (Phi) is 6.02. The van der Waals surface area contributed by atoms with Gasteiger partial charge in [0.1, 0.15) is 17.5 Å². The maximum atomic E-state index is 13.5. The fourth-order valence-corrected chi connectivity index (χ4v) is 2.04. The standard InChI is InChI=1S/C19H16FN3O2/c1-13(24)14-6-8-17(9-7-14)23-19(25)16(10-21)12-22-11-15-4-2-3-5-18(15)20/h2-9,12,22H,11H2,1H3,(H,23,25)/b16-12-. The molecule has 0 heterocycles. The molecule has 126 valence electrons. The van der Waals surface area contributed by atoms with Crippen LogP contribution in [0.15, 0.2) is 60.3 Å². The maximum absolute atomic E-state index is 13.5. The average Bonchev–Trinajstić information content (AvgIpc) is 2.60. The number of hydrogen-bond donors (Lipinski definition) is 2. The Labute approximate surface area is 144 Å². The van der Waals surface area contributed by atoms with Crippen molar-refractivity contribution in [1.82, 2.24) is 5.32 Å². The lowest BCUT2D eigenvalue weighted by atomic mass is 10.1. The molecule has 5 nitrogen and oxygen atoms in total. The third-order valence-corrected chi connectivity index (χ3v) is 3.41. The van der Waals surface area contributed by atoms with Gasteiger partial charge in [-0.2, -0.15) is 5.26 Å².